The van der Waals surface area contributed by atoms with Gasteiger partial charge in [0.25, 0.3) is 0 Å². The molecule has 0 fully saturated rings. The summed E-state index contributed by atoms with van der Waals surface area (Å²) in [5, 5.41) is 3.42. The molecule has 0 unspecified atom stereocenters. The Labute approximate surface area is 162 Å². The van der Waals surface area contributed by atoms with Crippen LogP contribution in [0.15, 0.2) is 71.5 Å². The zero-order valence-corrected chi connectivity index (χ0v) is 16.3. The summed E-state index contributed by atoms with van der Waals surface area (Å²) in [4.78, 5) is 16.2. The van der Waals surface area contributed by atoms with Gasteiger partial charge in [-0.2, -0.15) is 0 Å². The summed E-state index contributed by atoms with van der Waals surface area (Å²) in [6.45, 7) is 2.68. The van der Waals surface area contributed by atoms with Gasteiger partial charge < -0.3 is 5.32 Å². The third-order valence-electron chi connectivity index (χ3n) is 4.21. The van der Waals surface area contributed by atoms with Gasteiger partial charge in [-0.1, -0.05) is 35.0 Å². The number of pyridine rings is 1. The normalized spacial score (nSPS) is 10.5. The maximum absolute atomic E-state index is 11.9. The minimum atomic E-state index is 0.197. The molecule has 3 nitrogen and oxygen atoms in total. The van der Waals surface area contributed by atoms with E-state index in [1.54, 1.807) is 0 Å². The number of carbonyl (C=O) groups is 1. The molecule has 0 saturated carbocycles. The molecule has 0 aliphatic rings. The molecule has 2 aromatic carbocycles. The van der Waals surface area contributed by atoms with Gasteiger partial charge in [0.05, 0.1) is 0 Å². The van der Waals surface area contributed by atoms with Crippen LogP contribution in [-0.2, 0) is 6.54 Å². The molecule has 26 heavy (non-hydrogen) atoms. The van der Waals surface area contributed by atoms with Crippen LogP contribution in [0, 0.1) is 0 Å². The van der Waals surface area contributed by atoms with E-state index >= 15 is 0 Å². The number of nitrogens with zero attached hydrogens (tertiary/aromatic N) is 1. The zero-order chi connectivity index (χ0) is 18.4. The smallest absolute Gasteiger partial charge is 0.162 e. The number of aromatic nitrogens is 1. The van der Waals surface area contributed by atoms with Gasteiger partial charge in [0.2, 0.25) is 0 Å². The van der Waals surface area contributed by atoms with Gasteiger partial charge in [-0.3, -0.25) is 9.78 Å². The first-order valence-corrected chi connectivity index (χ1v) is 9.52. The molecule has 0 radical (unpaired) electrons. The standard InChI is InChI=1S/C22H21BrN2O/c1-2-4-22(26)16-7-9-20(10-8-16)25-15-18-14-24-12-11-21(18)17-5-3-6-19(23)13-17/h3,5-14,25H,2,4,15H2,1H3. The Morgan fingerprint density at radius 2 is 1.92 bits per heavy atom. The molecular weight excluding hydrogens is 388 g/mol. The minimum absolute atomic E-state index is 0.197. The van der Waals surface area contributed by atoms with Crippen LogP contribution in [0.4, 0.5) is 5.69 Å². The number of anilines is 1. The van der Waals surface area contributed by atoms with Gasteiger partial charge >= 0.3 is 0 Å². The van der Waals surface area contributed by atoms with Crippen molar-refractivity contribution in [1.82, 2.24) is 4.98 Å². The number of ketones is 1. The summed E-state index contributed by atoms with van der Waals surface area (Å²) < 4.78 is 1.05. The molecule has 0 amide bonds. The number of benzene rings is 2. The van der Waals surface area contributed by atoms with Crippen molar-refractivity contribution in [2.75, 3.05) is 5.32 Å². The molecule has 4 heteroatoms. The van der Waals surface area contributed by atoms with E-state index in [9.17, 15) is 4.79 Å². The third-order valence-corrected chi connectivity index (χ3v) is 4.70. The number of Topliss-reactive ketones (excluding diaryl/α,β-unsaturated/α-hetero) is 1. The zero-order valence-electron chi connectivity index (χ0n) is 14.7. The fraction of sp³-hybridized carbons (Fsp3) is 0.182. The predicted octanol–water partition coefficient (Wildman–Crippen LogP) is 6.11. The van der Waals surface area contributed by atoms with E-state index in [1.165, 1.54) is 0 Å². The molecule has 0 spiro atoms. The van der Waals surface area contributed by atoms with E-state index < -0.39 is 0 Å². The lowest BCUT2D eigenvalue weighted by molar-refractivity contribution is 0.0982. The van der Waals surface area contributed by atoms with Gasteiger partial charge in [-0.25, -0.2) is 0 Å². The average molecular weight is 409 g/mol. The first-order chi connectivity index (χ1) is 12.7. The number of halogens is 1. The molecule has 0 bridgehead atoms. The largest absolute Gasteiger partial charge is 0.381 e. The first kappa shape index (κ1) is 18.3. The molecule has 3 aromatic rings. The van der Waals surface area contributed by atoms with Crippen LogP contribution in [0.5, 0.6) is 0 Å². The molecule has 1 aromatic heterocycles. The van der Waals surface area contributed by atoms with Gasteiger partial charge in [-0.15, -0.1) is 0 Å². The average Bonchev–Trinajstić information content (AvgIpc) is 2.67. The fourth-order valence-electron chi connectivity index (χ4n) is 2.85. The Balaban J connectivity index is 1.73. The second-order valence-corrected chi connectivity index (χ2v) is 7.06. The fourth-order valence-corrected chi connectivity index (χ4v) is 3.25. The second kappa shape index (κ2) is 8.77. The van der Waals surface area contributed by atoms with Crippen molar-refractivity contribution in [3.8, 4) is 11.1 Å². The Bertz CT molecular complexity index is 891. The van der Waals surface area contributed by atoms with E-state index in [0.29, 0.717) is 13.0 Å². The van der Waals surface area contributed by atoms with Gasteiger partial charge in [0.15, 0.2) is 5.78 Å². The highest BCUT2D eigenvalue weighted by molar-refractivity contribution is 9.10. The molecule has 1 heterocycles. The second-order valence-electron chi connectivity index (χ2n) is 6.15. The van der Waals surface area contributed by atoms with Crippen molar-refractivity contribution >= 4 is 27.4 Å². The molecule has 0 saturated heterocycles. The van der Waals surface area contributed by atoms with Gasteiger partial charge in [-0.05, 0) is 65.6 Å². The lowest BCUT2D eigenvalue weighted by atomic mass is 10.0. The van der Waals surface area contributed by atoms with Crippen LogP contribution in [0.1, 0.15) is 35.7 Å². The van der Waals surface area contributed by atoms with Crippen molar-refractivity contribution in [2.45, 2.75) is 26.3 Å². The Morgan fingerprint density at radius 3 is 2.65 bits per heavy atom. The molecule has 0 aliphatic carbocycles. The van der Waals surface area contributed by atoms with Crippen molar-refractivity contribution < 1.29 is 4.79 Å². The van der Waals surface area contributed by atoms with E-state index in [1.807, 2.05) is 61.8 Å². The maximum Gasteiger partial charge on any atom is 0.162 e. The van der Waals surface area contributed by atoms with E-state index in [2.05, 4.69) is 38.4 Å². The summed E-state index contributed by atoms with van der Waals surface area (Å²) in [6.07, 6.45) is 5.17. The summed E-state index contributed by atoms with van der Waals surface area (Å²) in [6, 6.07) is 18.0. The van der Waals surface area contributed by atoms with Crippen LogP contribution in [-0.4, -0.2) is 10.8 Å². The molecule has 1 N–H and O–H groups in total. The van der Waals surface area contributed by atoms with E-state index in [-0.39, 0.29) is 5.78 Å². The highest BCUT2D eigenvalue weighted by Crippen LogP contribution is 2.26. The summed E-state index contributed by atoms with van der Waals surface area (Å²) in [5.74, 6) is 0.197. The van der Waals surface area contributed by atoms with Crippen LogP contribution in [0.3, 0.4) is 0 Å². The number of hydrogen-bond acceptors (Lipinski definition) is 3. The van der Waals surface area contributed by atoms with Crippen molar-refractivity contribution in [2.24, 2.45) is 0 Å². The number of nitrogens with one attached hydrogen (secondary N) is 1. The minimum Gasteiger partial charge on any atom is -0.381 e. The lowest BCUT2D eigenvalue weighted by Gasteiger charge is -2.12. The van der Waals surface area contributed by atoms with Gasteiger partial charge in [0.1, 0.15) is 0 Å². The van der Waals surface area contributed by atoms with E-state index in [4.69, 9.17) is 0 Å². The van der Waals surface area contributed by atoms with Crippen LogP contribution in [0.25, 0.3) is 11.1 Å². The van der Waals surface area contributed by atoms with Crippen molar-refractivity contribution in [3.05, 3.63) is 82.6 Å². The number of carbonyl (C=O) groups excluding carboxylic acids is 1. The Kier molecular flexibility index (Phi) is 6.18. The van der Waals surface area contributed by atoms with Crippen molar-refractivity contribution in [1.29, 1.82) is 0 Å². The first-order valence-electron chi connectivity index (χ1n) is 8.73. The van der Waals surface area contributed by atoms with Crippen molar-refractivity contribution in [3.63, 3.8) is 0 Å². The summed E-state index contributed by atoms with van der Waals surface area (Å²) >= 11 is 3.53. The third kappa shape index (κ3) is 4.58. The monoisotopic (exact) mass is 408 g/mol. The van der Waals surface area contributed by atoms with Gasteiger partial charge in [0, 0.05) is 41.1 Å². The SMILES string of the molecule is CCCC(=O)c1ccc(NCc2cnccc2-c2cccc(Br)c2)cc1. The molecule has 132 valence electrons. The van der Waals surface area contributed by atoms with E-state index in [0.717, 1.165) is 38.8 Å². The quantitative estimate of drug-likeness (QED) is 0.479. The Hall–Kier alpha value is -2.46. The predicted molar refractivity (Wildman–Crippen MR) is 110 cm³/mol. The summed E-state index contributed by atoms with van der Waals surface area (Å²) in [5.41, 5.74) is 5.19. The summed E-state index contributed by atoms with van der Waals surface area (Å²) in [7, 11) is 0. The lowest BCUT2D eigenvalue weighted by Crippen LogP contribution is -2.03. The molecule has 3 rings (SSSR count). The highest BCUT2D eigenvalue weighted by Gasteiger charge is 2.07. The maximum atomic E-state index is 11.9. The highest BCUT2D eigenvalue weighted by atomic mass is 79.9. The topological polar surface area (TPSA) is 42.0 Å². The molecular formula is C22H21BrN2O. The molecule has 0 atom stereocenters. The number of rotatable bonds is 7. The molecule has 0 aliphatic heterocycles. The van der Waals surface area contributed by atoms with Crippen LogP contribution in [0.2, 0.25) is 0 Å². The van der Waals surface area contributed by atoms with Crippen LogP contribution >= 0.6 is 15.9 Å². The van der Waals surface area contributed by atoms with Crippen LogP contribution < -0.4 is 5.32 Å². The number of hydrogen-bond donors (Lipinski definition) is 1. The Morgan fingerprint density at radius 1 is 1.12 bits per heavy atom.